The summed E-state index contributed by atoms with van der Waals surface area (Å²) in [7, 11) is 0. The first-order chi connectivity index (χ1) is 13.6. The first kappa shape index (κ1) is 20.3. The van der Waals surface area contributed by atoms with Crippen LogP contribution in [0.2, 0.25) is 0 Å². The van der Waals surface area contributed by atoms with Crippen molar-refractivity contribution in [2.75, 3.05) is 32.7 Å². The van der Waals surface area contributed by atoms with Gasteiger partial charge in [-0.2, -0.15) is 4.73 Å². The zero-order valence-electron chi connectivity index (χ0n) is 17.0. The van der Waals surface area contributed by atoms with E-state index in [1.54, 1.807) is 12.1 Å². The average molecular weight is 382 g/mol. The van der Waals surface area contributed by atoms with E-state index in [9.17, 15) is 10.0 Å². The largest absolute Gasteiger partial charge is 0.619 e. The smallest absolute Gasteiger partial charge is 0.259 e. The van der Waals surface area contributed by atoms with E-state index in [0.29, 0.717) is 22.8 Å². The van der Waals surface area contributed by atoms with E-state index in [4.69, 9.17) is 0 Å². The molecule has 1 aromatic carbocycles. The minimum absolute atomic E-state index is 0.0466. The molecule has 0 spiro atoms. The van der Waals surface area contributed by atoms with Gasteiger partial charge in [0.1, 0.15) is 5.56 Å². The van der Waals surface area contributed by atoms with Crippen molar-refractivity contribution in [1.29, 1.82) is 0 Å². The number of piperidine rings is 1. The van der Waals surface area contributed by atoms with Gasteiger partial charge in [0, 0.05) is 25.7 Å². The van der Waals surface area contributed by atoms with Gasteiger partial charge in [0.2, 0.25) is 0 Å². The van der Waals surface area contributed by atoms with Crippen molar-refractivity contribution in [2.24, 2.45) is 5.92 Å². The zero-order valence-corrected chi connectivity index (χ0v) is 17.0. The van der Waals surface area contributed by atoms with Crippen molar-refractivity contribution in [3.8, 4) is 0 Å². The van der Waals surface area contributed by atoms with Crippen molar-refractivity contribution in [1.82, 2.24) is 9.80 Å². The van der Waals surface area contributed by atoms with Crippen LogP contribution in [0.5, 0.6) is 0 Å². The third-order valence-electron chi connectivity index (χ3n) is 5.84. The van der Waals surface area contributed by atoms with Crippen LogP contribution in [-0.4, -0.2) is 48.4 Å². The van der Waals surface area contributed by atoms with Crippen molar-refractivity contribution in [3.05, 3.63) is 70.7 Å². The maximum atomic E-state index is 12.7. The van der Waals surface area contributed by atoms with E-state index in [1.165, 1.54) is 23.5 Å². The molecule has 1 saturated heterocycles. The Labute approximate surface area is 168 Å². The molecule has 0 bridgehead atoms. The van der Waals surface area contributed by atoms with Gasteiger partial charge in [0.15, 0.2) is 12.4 Å². The summed E-state index contributed by atoms with van der Waals surface area (Å²) in [6.45, 7) is 8.90. The summed E-state index contributed by atoms with van der Waals surface area (Å²) in [5.74, 6) is 0.483. The molecule has 1 aliphatic rings. The van der Waals surface area contributed by atoms with Gasteiger partial charge in [-0.3, -0.25) is 4.79 Å². The predicted octanol–water partition coefficient (Wildman–Crippen LogP) is 3.05. The summed E-state index contributed by atoms with van der Waals surface area (Å²) >= 11 is 0. The summed E-state index contributed by atoms with van der Waals surface area (Å²) in [4.78, 5) is 17.1. The van der Waals surface area contributed by atoms with Crippen LogP contribution in [0.25, 0.3) is 0 Å². The Hall–Kier alpha value is -2.40. The number of hydrogen-bond donors (Lipinski definition) is 0. The molecule has 0 radical (unpaired) electrons. The second-order valence-corrected chi connectivity index (χ2v) is 7.76. The van der Waals surface area contributed by atoms with Crippen LogP contribution in [0, 0.1) is 18.0 Å². The predicted molar refractivity (Wildman–Crippen MR) is 111 cm³/mol. The number of hydrogen-bond acceptors (Lipinski definition) is 3. The Morgan fingerprint density at radius 2 is 1.96 bits per heavy atom. The number of likely N-dealkylation sites (tertiary alicyclic amines) is 1. The maximum Gasteiger partial charge on any atom is 0.259 e. The highest BCUT2D eigenvalue weighted by atomic mass is 16.5. The average Bonchev–Trinajstić information content (AvgIpc) is 2.72. The number of pyridine rings is 1. The molecular formula is C23H31N3O2. The van der Waals surface area contributed by atoms with E-state index >= 15 is 0 Å². The molecule has 5 heteroatoms. The number of aromatic nitrogens is 1. The molecule has 0 saturated carbocycles. The molecule has 3 rings (SSSR count). The van der Waals surface area contributed by atoms with Gasteiger partial charge < -0.3 is 15.0 Å². The van der Waals surface area contributed by atoms with Gasteiger partial charge >= 0.3 is 0 Å². The van der Waals surface area contributed by atoms with Gasteiger partial charge in [-0.05, 0) is 69.3 Å². The summed E-state index contributed by atoms with van der Waals surface area (Å²) in [5.41, 5.74) is 3.27. The topological polar surface area (TPSA) is 50.5 Å². The van der Waals surface area contributed by atoms with Crippen LogP contribution in [-0.2, 0) is 6.42 Å². The van der Waals surface area contributed by atoms with E-state index in [1.807, 2.05) is 11.8 Å². The molecule has 150 valence electrons. The summed E-state index contributed by atoms with van der Waals surface area (Å²) in [5, 5.41) is 11.5. The Balaban J connectivity index is 1.47. The lowest BCUT2D eigenvalue weighted by Gasteiger charge is -2.34. The van der Waals surface area contributed by atoms with Crippen LogP contribution in [0.3, 0.4) is 0 Å². The van der Waals surface area contributed by atoms with E-state index in [0.717, 1.165) is 45.4 Å². The Kier molecular flexibility index (Phi) is 7.04. The number of amides is 1. The highest BCUT2D eigenvalue weighted by Crippen LogP contribution is 2.20. The number of carbonyl (C=O) groups excluding carboxylic acids is 1. The van der Waals surface area contributed by atoms with Crippen LogP contribution in [0.15, 0.2) is 48.8 Å². The standard InChI is InChI=1S/C23H31N3O2/c1-3-25(23(27)22-9-6-13-26(28)18-22)17-20-10-14-24(15-11-20)16-12-21-8-5-4-7-19(21)2/h4-9,13,18,20H,3,10-12,14-17H2,1-2H3. The van der Waals surface area contributed by atoms with Crippen LogP contribution >= 0.6 is 0 Å². The summed E-state index contributed by atoms with van der Waals surface area (Å²) < 4.78 is 0.689. The number of aryl methyl sites for hydroxylation is 1. The Bertz CT molecular complexity index is 785. The molecular weight excluding hydrogens is 350 g/mol. The first-order valence-corrected chi connectivity index (χ1v) is 10.3. The maximum absolute atomic E-state index is 12.7. The highest BCUT2D eigenvalue weighted by Gasteiger charge is 2.24. The Morgan fingerprint density at radius 3 is 2.64 bits per heavy atom. The van der Waals surface area contributed by atoms with Crippen molar-refractivity contribution in [3.63, 3.8) is 0 Å². The molecule has 2 heterocycles. The van der Waals surface area contributed by atoms with E-state index in [-0.39, 0.29) is 5.91 Å². The fourth-order valence-corrected chi connectivity index (χ4v) is 3.99. The molecule has 2 aromatic rings. The lowest BCUT2D eigenvalue weighted by atomic mass is 9.95. The summed E-state index contributed by atoms with van der Waals surface area (Å²) in [6.07, 6.45) is 6.10. The van der Waals surface area contributed by atoms with Gasteiger partial charge in [-0.25, -0.2) is 0 Å². The molecule has 28 heavy (non-hydrogen) atoms. The minimum atomic E-state index is -0.0466. The highest BCUT2D eigenvalue weighted by molar-refractivity contribution is 5.93. The third-order valence-corrected chi connectivity index (χ3v) is 5.84. The van der Waals surface area contributed by atoms with Crippen molar-refractivity contribution in [2.45, 2.75) is 33.1 Å². The second kappa shape index (κ2) is 9.69. The molecule has 1 amide bonds. The third kappa shape index (κ3) is 5.32. The van der Waals surface area contributed by atoms with Crippen LogP contribution in [0.4, 0.5) is 0 Å². The first-order valence-electron chi connectivity index (χ1n) is 10.3. The fourth-order valence-electron chi connectivity index (χ4n) is 3.99. The van der Waals surface area contributed by atoms with Crippen molar-refractivity contribution >= 4 is 5.91 Å². The number of rotatable bonds is 7. The Morgan fingerprint density at radius 1 is 1.21 bits per heavy atom. The van der Waals surface area contributed by atoms with Gasteiger partial charge in [0.05, 0.1) is 0 Å². The molecule has 1 aromatic heterocycles. The van der Waals surface area contributed by atoms with E-state index < -0.39 is 0 Å². The fraction of sp³-hybridized carbons (Fsp3) is 0.478. The van der Waals surface area contributed by atoms with Crippen LogP contribution < -0.4 is 4.73 Å². The number of carbonyl (C=O) groups is 1. The quantitative estimate of drug-likeness (QED) is 0.547. The van der Waals surface area contributed by atoms with Crippen molar-refractivity contribution < 1.29 is 9.52 Å². The molecule has 0 aliphatic carbocycles. The minimum Gasteiger partial charge on any atom is -0.619 e. The van der Waals surface area contributed by atoms with Gasteiger partial charge in [-0.1, -0.05) is 24.3 Å². The van der Waals surface area contributed by atoms with E-state index in [2.05, 4.69) is 36.1 Å². The molecule has 1 fully saturated rings. The second-order valence-electron chi connectivity index (χ2n) is 7.76. The summed E-state index contributed by atoms with van der Waals surface area (Å²) in [6, 6.07) is 12.0. The molecule has 5 nitrogen and oxygen atoms in total. The molecule has 0 unspecified atom stereocenters. The SMILES string of the molecule is CCN(CC1CCN(CCc2ccccc2C)CC1)C(=O)c1ccc[n+]([O-])c1. The molecule has 0 N–H and O–H groups in total. The van der Waals surface area contributed by atoms with Gasteiger partial charge in [-0.15, -0.1) is 0 Å². The molecule has 1 aliphatic heterocycles. The van der Waals surface area contributed by atoms with Crippen LogP contribution in [0.1, 0.15) is 41.3 Å². The number of benzene rings is 1. The lowest BCUT2D eigenvalue weighted by Crippen LogP contribution is -2.42. The van der Waals surface area contributed by atoms with Gasteiger partial charge in [0.25, 0.3) is 5.91 Å². The monoisotopic (exact) mass is 381 g/mol. The zero-order chi connectivity index (χ0) is 19.9. The molecule has 0 atom stereocenters. The number of nitrogens with zero attached hydrogens (tertiary/aromatic N) is 3. The lowest BCUT2D eigenvalue weighted by molar-refractivity contribution is -0.605. The normalized spacial score (nSPS) is 15.5.